The Labute approximate surface area is 253 Å². The number of ether oxygens (including phenoxy) is 1. The number of imidazole rings is 1. The molecule has 44 heavy (non-hydrogen) atoms. The largest absolute Gasteiger partial charge is 0.573 e. The summed E-state index contributed by atoms with van der Waals surface area (Å²) in [6.07, 6.45) is -4.60. The number of nitrogens with two attached hydrogens (primary N) is 2. The van der Waals surface area contributed by atoms with Crippen molar-refractivity contribution in [3.8, 4) is 22.6 Å². The van der Waals surface area contributed by atoms with E-state index < -0.39 is 40.7 Å². The van der Waals surface area contributed by atoms with Crippen LogP contribution in [0.2, 0.25) is 5.02 Å². The first-order valence-corrected chi connectivity index (χ1v) is 14.8. The highest BCUT2D eigenvalue weighted by molar-refractivity contribution is 7.90. The van der Waals surface area contributed by atoms with Gasteiger partial charge >= 0.3 is 6.36 Å². The van der Waals surface area contributed by atoms with E-state index in [1.807, 2.05) is 0 Å². The van der Waals surface area contributed by atoms with E-state index in [4.69, 9.17) is 23.2 Å². The van der Waals surface area contributed by atoms with Crippen LogP contribution in [0.5, 0.6) is 5.75 Å². The Morgan fingerprint density at radius 1 is 1.14 bits per heavy atom. The van der Waals surface area contributed by atoms with Gasteiger partial charge in [0.15, 0.2) is 9.84 Å². The average molecular weight is 658 g/mol. The van der Waals surface area contributed by atoms with Crippen LogP contribution in [-0.4, -0.2) is 35.7 Å². The van der Waals surface area contributed by atoms with Gasteiger partial charge in [0.2, 0.25) is 0 Å². The molecular weight excluding hydrogens is 633 g/mol. The molecule has 0 spiro atoms. The molecule has 9 nitrogen and oxygen atoms in total. The van der Waals surface area contributed by atoms with Gasteiger partial charge in [-0.25, -0.2) is 28.0 Å². The van der Waals surface area contributed by atoms with E-state index >= 15 is 0 Å². The first-order chi connectivity index (χ1) is 20.5. The summed E-state index contributed by atoms with van der Waals surface area (Å²) >= 11 is 6.33. The van der Waals surface area contributed by atoms with Gasteiger partial charge in [-0.15, -0.1) is 13.2 Å². The molecule has 1 heterocycles. The third-order valence-electron chi connectivity index (χ3n) is 6.47. The zero-order valence-corrected chi connectivity index (χ0v) is 24.6. The summed E-state index contributed by atoms with van der Waals surface area (Å²) in [5.41, 5.74) is 6.87. The summed E-state index contributed by atoms with van der Waals surface area (Å²) < 4.78 is 95.2. The highest BCUT2D eigenvalue weighted by Crippen LogP contribution is 2.38. The molecule has 0 atom stereocenters. The Morgan fingerprint density at radius 3 is 2.32 bits per heavy atom. The van der Waals surface area contributed by atoms with Gasteiger partial charge < -0.3 is 20.1 Å². The average Bonchev–Trinajstić information content (AvgIpc) is 3.34. The first kappa shape index (κ1) is 32.7. The van der Waals surface area contributed by atoms with Crippen molar-refractivity contribution in [2.45, 2.75) is 31.2 Å². The zero-order chi connectivity index (χ0) is 32.6. The molecule has 0 aliphatic rings. The van der Waals surface area contributed by atoms with Crippen LogP contribution in [0.1, 0.15) is 29.1 Å². The van der Waals surface area contributed by atoms with Crippen molar-refractivity contribution in [1.82, 2.24) is 9.55 Å². The molecule has 0 amide bonds. The summed E-state index contributed by atoms with van der Waals surface area (Å²) in [6, 6.07) is 12.1. The fourth-order valence-electron chi connectivity index (χ4n) is 4.48. The van der Waals surface area contributed by atoms with E-state index in [0.717, 1.165) is 35.8 Å². The van der Waals surface area contributed by atoms with Gasteiger partial charge in [0.25, 0.3) is 6.43 Å². The maximum atomic E-state index is 13.5. The molecule has 234 valence electrons. The van der Waals surface area contributed by atoms with Gasteiger partial charge in [-0.2, -0.15) is 0 Å². The van der Waals surface area contributed by atoms with Crippen molar-refractivity contribution in [2.24, 2.45) is 11.6 Å². The first-order valence-electron chi connectivity index (χ1n) is 12.5. The van der Waals surface area contributed by atoms with Crippen molar-refractivity contribution < 1.29 is 40.2 Å². The van der Waals surface area contributed by atoms with Crippen molar-refractivity contribution in [2.75, 3.05) is 11.3 Å². The third kappa shape index (κ3) is 6.96. The van der Waals surface area contributed by atoms with Crippen LogP contribution >= 0.6 is 11.6 Å². The molecule has 0 fully saturated rings. The zero-order valence-electron chi connectivity index (χ0n) is 23.0. The molecule has 3 aromatic carbocycles. The highest BCUT2D eigenvalue weighted by atomic mass is 35.5. The number of sulfone groups is 1. The second-order valence-electron chi connectivity index (χ2n) is 9.45. The summed E-state index contributed by atoms with van der Waals surface area (Å²) in [5.74, 6) is 6.24. The number of anilines is 1. The standard InChI is InChI=1S/C28H25ClF5N5O4S/c1-15-37-22(27(30)31)13-38(15)23-8-5-17(18-9-21(29)20(14-40)26(11-18)44(2,41)42)10-24(23)39(36)25(12-35)16-3-6-19(7-4-16)43-28(32,33)34/h3-13,27,40H,14,35-36H2,1-2H3/b25-12-. The molecule has 0 aliphatic heterocycles. The Bertz CT molecular complexity index is 1830. The normalized spacial score (nSPS) is 12.6. The van der Waals surface area contributed by atoms with Gasteiger partial charge in [-0.3, -0.25) is 5.01 Å². The number of aliphatic hydroxyl groups excluding tert-OH is 1. The number of hydrogen-bond donors (Lipinski definition) is 3. The number of alkyl halides is 5. The number of hydrazine groups is 1. The molecule has 4 rings (SSSR count). The van der Waals surface area contributed by atoms with Crippen molar-refractivity contribution in [3.05, 3.63) is 94.7 Å². The van der Waals surface area contributed by atoms with Gasteiger partial charge in [-0.1, -0.05) is 17.7 Å². The van der Waals surface area contributed by atoms with Crippen LogP contribution in [0, 0.1) is 6.92 Å². The smallest absolute Gasteiger partial charge is 0.406 e. The Hall–Kier alpha value is -4.18. The van der Waals surface area contributed by atoms with E-state index in [-0.39, 0.29) is 43.9 Å². The number of aliphatic hydroxyl groups is 1. The highest BCUT2D eigenvalue weighted by Gasteiger charge is 2.31. The lowest BCUT2D eigenvalue weighted by Crippen LogP contribution is -2.31. The number of aryl methyl sites for hydroxylation is 1. The van der Waals surface area contributed by atoms with Crippen molar-refractivity contribution >= 4 is 32.8 Å². The quantitative estimate of drug-likeness (QED) is 0.116. The lowest BCUT2D eigenvalue weighted by Gasteiger charge is -2.26. The van der Waals surface area contributed by atoms with E-state index in [1.165, 1.54) is 47.9 Å². The van der Waals surface area contributed by atoms with Crippen LogP contribution in [0.15, 0.2) is 71.9 Å². The van der Waals surface area contributed by atoms with Gasteiger partial charge in [0.1, 0.15) is 17.3 Å². The fourth-order valence-corrected chi connectivity index (χ4v) is 5.78. The number of nitrogens with zero attached hydrogens (tertiary/aromatic N) is 3. The van der Waals surface area contributed by atoms with Gasteiger partial charge in [-0.05, 0) is 66.6 Å². The molecule has 16 heteroatoms. The van der Waals surface area contributed by atoms with E-state index in [2.05, 4.69) is 9.72 Å². The van der Waals surface area contributed by atoms with Gasteiger partial charge in [0, 0.05) is 34.8 Å². The monoisotopic (exact) mass is 657 g/mol. The number of halogens is 6. The lowest BCUT2D eigenvalue weighted by atomic mass is 10.0. The molecule has 0 unspecified atom stereocenters. The molecule has 5 N–H and O–H groups in total. The summed E-state index contributed by atoms with van der Waals surface area (Å²) in [5, 5.41) is 10.8. The molecule has 0 aliphatic carbocycles. The minimum atomic E-state index is -4.90. The minimum absolute atomic E-state index is 0.00933. The van der Waals surface area contributed by atoms with Crippen LogP contribution in [0.4, 0.5) is 27.6 Å². The predicted molar refractivity (Wildman–Crippen MR) is 155 cm³/mol. The Balaban J connectivity index is 1.90. The van der Waals surface area contributed by atoms with E-state index in [9.17, 15) is 35.5 Å². The van der Waals surface area contributed by atoms with Crippen LogP contribution in [0.25, 0.3) is 22.5 Å². The third-order valence-corrected chi connectivity index (χ3v) is 7.97. The molecule has 0 saturated carbocycles. The maximum absolute atomic E-state index is 13.5. The van der Waals surface area contributed by atoms with Crippen LogP contribution in [-0.2, 0) is 16.4 Å². The molecule has 1 aromatic heterocycles. The van der Waals surface area contributed by atoms with E-state index in [0.29, 0.717) is 11.1 Å². The van der Waals surface area contributed by atoms with Crippen molar-refractivity contribution in [3.63, 3.8) is 0 Å². The van der Waals surface area contributed by atoms with Gasteiger partial charge in [0.05, 0.1) is 28.6 Å². The number of benzene rings is 3. The summed E-state index contributed by atoms with van der Waals surface area (Å²) in [6.45, 7) is 0.862. The number of hydrogen-bond acceptors (Lipinski definition) is 8. The SMILES string of the molecule is Cc1nc(C(F)F)cn1-c1ccc(-c2cc(Cl)c(CO)c(S(C)(=O)=O)c2)cc1N(N)/C(=C\N)c1ccc(OC(F)(F)F)cc1. The summed E-state index contributed by atoms with van der Waals surface area (Å²) in [4.78, 5) is 3.70. The predicted octanol–water partition coefficient (Wildman–Crippen LogP) is 5.87. The van der Waals surface area contributed by atoms with Crippen LogP contribution in [0.3, 0.4) is 0 Å². The minimum Gasteiger partial charge on any atom is -0.406 e. The number of rotatable bonds is 9. The molecular formula is C28H25ClF5N5O4S. The molecule has 0 bridgehead atoms. The fraction of sp³-hybridized carbons (Fsp3) is 0.179. The molecule has 0 saturated heterocycles. The summed E-state index contributed by atoms with van der Waals surface area (Å²) in [7, 11) is -3.82. The second-order valence-corrected chi connectivity index (χ2v) is 11.8. The van der Waals surface area contributed by atoms with Crippen molar-refractivity contribution in [1.29, 1.82) is 0 Å². The maximum Gasteiger partial charge on any atom is 0.573 e. The Morgan fingerprint density at radius 2 is 1.80 bits per heavy atom. The Kier molecular flexibility index (Phi) is 9.25. The molecule has 4 aromatic rings. The lowest BCUT2D eigenvalue weighted by molar-refractivity contribution is -0.274. The topological polar surface area (TPSA) is 137 Å². The molecule has 0 radical (unpaired) electrons. The number of aromatic nitrogens is 2. The van der Waals surface area contributed by atoms with E-state index in [1.54, 1.807) is 6.07 Å². The second kappa shape index (κ2) is 12.4. The van der Waals surface area contributed by atoms with Crippen LogP contribution < -0.4 is 21.3 Å².